The average Bonchev–Trinajstić information content (AvgIpc) is 2.89. The summed E-state index contributed by atoms with van der Waals surface area (Å²) in [6.07, 6.45) is 4.84. The number of unbranched alkanes of at least 4 members (excludes halogenated alkanes) is 1. The number of hydrogen-bond acceptors (Lipinski definition) is 2. The highest BCUT2D eigenvalue weighted by molar-refractivity contribution is 5.85. The summed E-state index contributed by atoms with van der Waals surface area (Å²) in [5, 5.41) is 6.34. The molecule has 0 saturated carbocycles. The van der Waals surface area contributed by atoms with Gasteiger partial charge in [-0.05, 0) is 44.7 Å². The first-order valence-corrected chi connectivity index (χ1v) is 7.29. The van der Waals surface area contributed by atoms with Gasteiger partial charge in [-0.15, -0.1) is 12.4 Å². The van der Waals surface area contributed by atoms with Crippen molar-refractivity contribution in [1.82, 2.24) is 10.6 Å². The monoisotopic (exact) mass is 296 g/mol. The molecule has 1 unspecified atom stereocenters. The lowest BCUT2D eigenvalue weighted by Gasteiger charge is -2.11. The maximum atomic E-state index is 11.7. The van der Waals surface area contributed by atoms with Gasteiger partial charge in [0.25, 0.3) is 0 Å². The van der Waals surface area contributed by atoms with Crippen molar-refractivity contribution < 1.29 is 4.79 Å². The van der Waals surface area contributed by atoms with Crippen LogP contribution >= 0.6 is 12.4 Å². The Morgan fingerprint density at radius 2 is 2.05 bits per heavy atom. The minimum Gasteiger partial charge on any atom is -0.352 e. The van der Waals surface area contributed by atoms with Crippen molar-refractivity contribution in [1.29, 1.82) is 0 Å². The lowest BCUT2D eigenvalue weighted by atomic mass is 10.1. The highest BCUT2D eigenvalue weighted by Gasteiger charge is 2.15. The van der Waals surface area contributed by atoms with Gasteiger partial charge in [-0.1, -0.05) is 29.8 Å². The molecule has 0 spiro atoms. The summed E-state index contributed by atoms with van der Waals surface area (Å²) in [5.41, 5.74) is 2.67. The van der Waals surface area contributed by atoms with Gasteiger partial charge in [-0.2, -0.15) is 0 Å². The van der Waals surface area contributed by atoms with Gasteiger partial charge in [0.2, 0.25) is 5.91 Å². The standard InChI is InChI=1S/C16H24N2O.ClH/c1-13-6-8-14(9-7-13)4-2-3-5-16(19)18-15-10-11-17-12-15;/h6-9,15,17H,2-5,10-12H2,1H3,(H,18,19);1H. The Hall–Kier alpha value is -1.06. The van der Waals surface area contributed by atoms with Crippen LogP contribution in [0.4, 0.5) is 0 Å². The van der Waals surface area contributed by atoms with Gasteiger partial charge in [0.1, 0.15) is 0 Å². The van der Waals surface area contributed by atoms with Gasteiger partial charge in [0.05, 0.1) is 0 Å². The fourth-order valence-electron chi connectivity index (χ4n) is 2.45. The average molecular weight is 297 g/mol. The van der Waals surface area contributed by atoms with Gasteiger partial charge in [-0.3, -0.25) is 4.79 Å². The van der Waals surface area contributed by atoms with Crippen LogP contribution in [-0.2, 0) is 11.2 Å². The van der Waals surface area contributed by atoms with Crippen LogP contribution in [0.25, 0.3) is 0 Å². The Balaban J connectivity index is 0.00000200. The molecule has 2 N–H and O–H groups in total. The lowest BCUT2D eigenvalue weighted by molar-refractivity contribution is -0.121. The van der Waals surface area contributed by atoms with E-state index >= 15 is 0 Å². The molecule has 1 amide bonds. The van der Waals surface area contributed by atoms with E-state index in [0.29, 0.717) is 12.5 Å². The van der Waals surface area contributed by atoms with E-state index in [2.05, 4.69) is 41.8 Å². The minimum atomic E-state index is 0. The first-order valence-electron chi connectivity index (χ1n) is 7.29. The molecule has 1 atom stereocenters. The molecule has 0 bridgehead atoms. The van der Waals surface area contributed by atoms with Gasteiger partial charge in [0, 0.05) is 19.0 Å². The number of aryl methyl sites for hydroxylation is 2. The van der Waals surface area contributed by atoms with E-state index in [4.69, 9.17) is 0 Å². The fourth-order valence-corrected chi connectivity index (χ4v) is 2.45. The summed E-state index contributed by atoms with van der Waals surface area (Å²) in [7, 11) is 0. The second-order valence-electron chi connectivity index (χ2n) is 5.45. The predicted octanol–water partition coefficient (Wildman–Crippen LogP) is 2.61. The van der Waals surface area contributed by atoms with Gasteiger partial charge >= 0.3 is 0 Å². The van der Waals surface area contributed by atoms with E-state index < -0.39 is 0 Å². The second-order valence-corrected chi connectivity index (χ2v) is 5.45. The number of carbonyl (C=O) groups excluding carboxylic acids is 1. The second kappa shape index (κ2) is 8.98. The number of carbonyl (C=O) groups is 1. The molecule has 1 aromatic rings. The third-order valence-electron chi connectivity index (χ3n) is 3.67. The van der Waals surface area contributed by atoms with Crippen molar-refractivity contribution in [3.63, 3.8) is 0 Å². The summed E-state index contributed by atoms with van der Waals surface area (Å²) in [6.45, 7) is 4.06. The highest BCUT2D eigenvalue weighted by atomic mass is 35.5. The Kier molecular flexibility index (Phi) is 7.63. The molecule has 1 heterocycles. The zero-order chi connectivity index (χ0) is 13.5. The first kappa shape index (κ1) is 17.0. The minimum absolute atomic E-state index is 0. The van der Waals surface area contributed by atoms with E-state index in [-0.39, 0.29) is 18.3 Å². The molecule has 1 aliphatic heterocycles. The van der Waals surface area contributed by atoms with Crippen LogP contribution in [0.15, 0.2) is 24.3 Å². The highest BCUT2D eigenvalue weighted by Crippen LogP contribution is 2.08. The Morgan fingerprint density at radius 1 is 1.30 bits per heavy atom. The van der Waals surface area contributed by atoms with Crippen molar-refractivity contribution in [2.45, 2.75) is 45.1 Å². The first-order chi connectivity index (χ1) is 9.24. The largest absolute Gasteiger partial charge is 0.352 e. The van der Waals surface area contributed by atoms with Crippen molar-refractivity contribution in [3.8, 4) is 0 Å². The smallest absolute Gasteiger partial charge is 0.220 e. The molecule has 3 nitrogen and oxygen atoms in total. The molecule has 0 radical (unpaired) electrons. The summed E-state index contributed by atoms with van der Waals surface area (Å²) in [5.74, 6) is 0.206. The molecule has 1 aromatic carbocycles. The zero-order valence-electron chi connectivity index (χ0n) is 12.2. The maximum Gasteiger partial charge on any atom is 0.220 e. The van der Waals surface area contributed by atoms with Crippen LogP contribution in [0.3, 0.4) is 0 Å². The molecule has 112 valence electrons. The maximum absolute atomic E-state index is 11.7. The van der Waals surface area contributed by atoms with Crippen molar-refractivity contribution in [2.24, 2.45) is 0 Å². The van der Waals surface area contributed by atoms with Crippen LogP contribution in [-0.4, -0.2) is 25.0 Å². The van der Waals surface area contributed by atoms with E-state index in [1.165, 1.54) is 11.1 Å². The molecule has 20 heavy (non-hydrogen) atoms. The quantitative estimate of drug-likeness (QED) is 0.792. The lowest BCUT2D eigenvalue weighted by Crippen LogP contribution is -2.36. The summed E-state index contributed by atoms with van der Waals surface area (Å²) < 4.78 is 0. The number of nitrogens with one attached hydrogen (secondary N) is 2. The van der Waals surface area contributed by atoms with Crippen LogP contribution in [0.2, 0.25) is 0 Å². The van der Waals surface area contributed by atoms with E-state index in [1.54, 1.807) is 0 Å². The van der Waals surface area contributed by atoms with Crippen LogP contribution in [0.5, 0.6) is 0 Å². The van der Waals surface area contributed by atoms with Crippen LogP contribution in [0, 0.1) is 6.92 Å². The van der Waals surface area contributed by atoms with Crippen LogP contribution < -0.4 is 10.6 Å². The molecular weight excluding hydrogens is 272 g/mol. The Labute approximate surface area is 127 Å². The molecule has 0 aliphatic carbocycles. The van der Waals surface area contributed by atoms with Crippen LogP contribution in [0.1, 0.15) is 36.8 Å². The number of rotatable bonds is 6. The molecule has 1 aliphatic rings. The number of amides is 1. The third-order valence-corrected chi connectivity index (χ3v) is 3.67. The van der Waals surface area contributed by atoms with Crippen molar-refractivity contribution in [2.75, 3.05) is 13.1 Å². The SMILES string of the molecule is Cc1ccc(CCCCC(=O)NC2CCNC2)cc1.Cl. The van der Waals surface area contributed by atoms with Crippen molar-refractivity contribution >= 4 is 18.3 Å². The number of hydrogen-bond donors (Lipinski definition) is 2. The Morgan fingerprint density at radius 3 is 2.70 bits per heavy atom. The van der Waals surface area contributed by atoms with E-state index in [9.17, 15) is 4.79 Å². The third kappa shape index (κ3) is 5.93. The van der Waals surface area contributed by atoms with Gasteiger partial charge < -0.3 is 10.6 Å². The summed E-state index contributed by atoms with van der Waals surface area (Å²) in [6, 6.07) is 9.01. The van der Waals surface area contributed by atoms with Gasteiger partial charge in [-0.25, -0.2) is 0 Å². The summed E-state index contributed by atoms with van der Waals surface area (Å²) in [4.78, 5) is 11.7. The molecule has 1 saturated heterocycles. The topological polar surface area (TPSA) is 41.1 Å². The zero-order valence-corrected chi connectivity index (χ0v) is 13.0. The normalized spacial score (nSPS) is 17.6. The van der Waals surface area contributed by atoms with Crippen molar-refractivity contribution in [3.05, 3.63) is 35.4 Å². The molecule has 1 fully saturated rings. The Bertz CT molecular complexity index is 399. The molecule has 2 rings (SSSR count). The van der Waals surface area contributed by atoms with E-state index in [1.807, 2.05) is 0 Å². The van der Waals surface area contributed by atoms with E-state index in [0.717, 1.165) is 38.8 Å². The fraction of sp³-hybridized carbons (Fsp3) is 0.562. The molecular formula is C16H25ClN2O. The summed E-state index contributed by atoms with van der Waals surface area (Å²) >= 11 is 0. The number of halogens is 1. The van der Waals surface area contributed by atoms with Gasteiger partial charge in [0.15, 0.2) is 0 Å². The predicted molar refractivity (Wildman–Crippen MR) is 85.4 cm³/mol. The number of benzene rings is 1. The molecule has 4 heteroatoms. The molecule has 0 aromatic heterocycles.